The Kier molecular flexibility index (Phi) is 5.27. The molecule has 0 aliphatic carbocycles. The Hall–Kier alpha value is -1.06. The van der Waals surface area contributed by atoms with Crippen LogP contribution >= 0.6 is 23.2 Å². The van der Waals surface area contributed by atoms with Gasteiger partial charge < -0.3 is 9.47 Å². The first-order valence-electron chi connectivity index (χ1n) is 7.81. The Morgan fingerprint density at radius 3 is 2.48 bits per heavy atom. The van der Waals surface area contributed by atoms with Crippen LogP contribution in [0.1, 0.15) is 37.0 Å². The van der Waals surface area contributed by atoms with Crippen molar-refractivity contribution in [3.63, 3.8) is 0 Å². The summed E-state index contributed by atoms with van der Waals surface area (Å²) in [4.78, 5) is 0. The fourth-order valence-electron chi connectivity index (χ4n) is 2.95. The predicted octanol–water partition coefficient (Wildman–Crippen LogP) is 5.82. The van der Waals surface area contributed by atoms with Crippen LogP contribution in [0.15, 0.2) is 48.5 Å². The van der Waals surface area contributed by atoms with Crippen molar-refractivity contribution in [3.8, 4) is 0 Å². The molecule has 1 fully saturated rings. The minimum absolute atomic E-state index is 0.147. The van der Waals surface area contributed by atoms with Crippen LogP contribution in [0.5, 0.6) is 0 Å². The summed E-state index contributed by atoms with van der Waals surface area (Å²) in [5, 5.41) is 1.27. The fraction of sp³-hybridized carbons (Fsp3) is 0.368. The number of rotatable bonds is 5. The van der Waals surface area contributed by atoms with Crippen LogP contribution in [0, 0.1) is 0 Å². The highest BCUT2D eigenvalue weighted by Crippen LogP contribution is 2.39. The van der Waals surface area contributed by atoms with Gasteiger partial charge in [-0.1, -0.05) is 59.6 Å². The average molecular weight is 351 g/mol. The van der Waals surface area contributed by atoms with Crippen molar-refractivity contribution in [2.45, 2.75) is 38.1 Å². The molecule has 4 heteroatoms. The maximum Gasteiger partial charge on any atom is 0.0896 e. The first-order valence-corrected chi connectivity index (χ1v) is 8.56. The minimum Gasteiger partial charge on any atom is -0.374 e. The first-order chi connectivity index (χ1) is 11.1. The summed E-state index contributed by atoms with van der Waals surface area (Å²) in [6.07, 6.45) is 2.13. The highest BCUT2D eigenvalue weighted by molar-refractivity contribution is 6.35. The molecule has 1 saturated heterocycles. The van der Waals surface area contributed by atoms with E-state index in [1.807, 2.05) is 36.4 Å². The Balaban J connectivity index is 1.56. The van der Waals surface area contributed by atoms with E-state index in [2.05, 4.69) is 19.1 Å². The van der Waals surface area contributed by atoms with Gasteiger partial charge in [0.1, 0.15) is 0 Å². The van der Waals surface area contributed by atoms with Crippen LogP contribution in [0.25, 0.3) is 0 Å². The summed E-state index contributed by atoms with van der Waals surface area (Å²) in [6, 6.07) is 15.8. The highest BCUT2D eigenvalue weighted by atomic mass is 35.5. The normalized spacial score (nSPS) is 24.0. The van der Waals surface area contributed by atoms with Gasteiger partial charge in [0, 0.05) is 15.6 Å². The highest BCUT2D eigenvalue weighted by Gasteiger charge is 2.36. The molecule has 2 aromatic rings. The van der Waals surface area contributed by atoms with E-state index in [0.717, 1.165) is 18.4 Å². The van der Waals surface area contributed by atoms with E-state index in [4.69, 9.17) is 32.7 Å². The van der Waals surface area contributed by atoms with Crippen molar-refractivity contribution in [2.24, 2.45) is 0 Å². The lowest BCUT2D eigenvalue weighted by Crippen LogP contribution is -2.30. The molecule has 0 N–H and O–H groups in total. The van der Waals surface area contributed by atoms with E-state index in [0.29, 0.717) is 23.3 Å². The lowest BCUT2D eigenvalue weighted by atomic mass is 10.0. The molecule has 0 spiro atoms. The van der Waals surface area contributed by atoms with Crippen molar-refractivity contribution in [2.75, 3.05) is 6.61 Å². The summed E-state index contributed by atoms with van der Waals surface area (Å²) >= 11 is 12.3. The summed E-state index contributed by atoms with van der Waals surface area (Å²) in [6.45, 7) is 3.02. The van der Waals surface area contributed by atoms with E-state index in [1.54, 1.807) is 0 Å². The Labute approximate surface area is 147 Å². The van der Waals surface area contributed by atoms with Crippen LogP contribution in [-0.4, -0.2) is 12.2 Å². The zero-order valence-corrected chi connectivity index (χ0v) is 14.6. The van der Waals surface area contributed by atoms with Gasteiger partial charge in [0.05, 0.1) is 24.9 Å². The van der Waals surface area contributed by atoms with Gasteiger partial charge in [-0.2, -0.15) is 0 Å². The van der Waals surface area contributed by atoms with Crippen LogP contribution in [0.2, 0.25) is 10.0 Å². The molecule has 3 rings (SSSR count). The molecule has 23 heavy (non-hydrogen) atoms. The van der Waals surface area contributed by atoms with Gasteiger partial charge in [0.25, 0.3) is 0 Å². The van der Waals surface area contributed by atoms with Crippen molar-refractivity contribution in [1.29, 1.82) is 0 Å². The largest absolute Gasteiger partial charge is 0.374 e. The first kappa shape index (κ1) is 16.8. The molecule has 0 amide bonds. The lowest BCUT2D eigenvalue weighted by molar-refractivity contribution is -0.0849. The van der Waals surface area contributed by atoms with Gasteiger partial charge in [-0.3, -0.25) is 0 Å². The summed E-state index contributed by atoms with van der Waals surface area (Å²) in [5.41, 5.74) is 1.79. The van der Waals surface area contributed by atoms with Crippen LogP contribution in [-0.2, 0) is 16.1 Å². The quantitative estimate of drug-likeness (QED) is 0.676. The molecule has 2 nitrogen and oxygen atoms in total. The van der Waals surface area contributed by atoms with Crippen LogP contribution < -0.4 is 0 Å². The maximum absolute atomic E-state index is 6.24. The molecule has 2 unspecified atom stereocenters. The zero-order chi connectivity index (χ0) is 16.3. The molecular formula is C19H20Cl2O2. The number of ether oxygens (including phenoxy) is 2. The molecule has 2 atom stereocenters. The number of hydrogen-bond acceptors (Lipinski definition) is 2. The molecule has 0 bridgehead atoms. The minimum atomic E-state index is -0.270. The molecule has 0 aromatic heterocycles. The van der Waals surface area contributed by atoms with Crippen molar-refractivity contribution in [3.05, 3.63) is 69.7 Å². The van der Waals surface area contributed by atoms with Gasteiger partial charge in [-0.15, -0.1) is 0 Å². The number of benzene rings is 2. The van der Waals surface area contributed by atoms with Gasteiger partial charge in [0.15, 0.2) is 0 Å². The zero-order valence-electron chi connectivity index (χ0n) is 13.1. The molecular weight excluding hydrogens is 331 g/mol. The second-order valence-corrected chi connectivity index (χ2v) is 7.01. The summed E-state index contributed by atoms with van der Waals surface area (Å²) in [5.74, 6) is 0. The third-order valence-electron chi connectivity index (χ3n) is 4.25. The van der Waals surface area contributed by atoms with Gasteiger partial charge >= 0.3 is 0 Å². The smallest absolute Gasteiger partial charge is 0.0896 e. The Bertz CT molecular complexity index is 639. The molecule has 1 aliphatic heterocycles. The molecule has 122 valence electrons. The van der Waals surface area contributed by atoms with E-state index >= 15 is 0 Å². The van der Waals surface area contributed by atoms with Crippen molar-refractivity contribution < 1.29 is 9.47 Å². The Morgan fingerprint density at radius 1 is 1.09 bits per heavy atom. The fourth-order valence-corrected chi connectivity index (χ4v) is 3.45. The van der Waals surface area contributed by atoms with Gasteiger partial charge in [0.2, 0.25) is 0 Å². The number of hydrogen-bond donors (Lipinski definition) is 0. The maximum atomic E-state index is 6.24. The van der Waals surface area contributed by atoms with Crippen molar-refractivity contribution >= 4 is 23.2 Å². The van der Waals surface area contributed by atoms with Crippen LogP contribution in [0.3, 0.4) is 0 Å². The third kappa shape index (κ3) is 4.07. The molecule has 2 aromatic carbocycles. The standard InChI is InChI=1S/C19H20Cl2O2/c1-19(11-10-18(23-19)14-6-3-2-4-7-14)13-22-12-15-16(20)8-5-9-17(15)21/h2-9,18H,10-13H2,1H3. The second-order valence-electron chi connectivity index (χ2n) is 6.20. The predicted molar refractivity (Wildman–Crippen MR) is 94.0 cm³/mol. The van der Waals surface area contributed by atoms with Crippen molar-refractivity contribution in [1.82, 2.24) is 0 Å². The topological polar surface area (TPSA) is 18.5 Å². The monoisotopic (exact) mass is 350 g/mol. The van der Waals surface area contributed by atoms with E-state index in [1.165, 1.54) is 5.56 Å². The summed E-state index contributed by atoms with van der Waals surface area (Å²) < 4.78 is 12.1. The average Bonchev–Trinajstić information content (AvgIpc) is 2.94. The molecule has 0 radical (unpaired) electrons. The van der Waals surface area contributed by atoms with E-state index in [-0.39, 0.29) is 11.7 Å². The summed E-state index contributed by atoms with van der Waals surface area (Å²) in [7, 11) is 0. The van der Waals surface area contributed by atoms with Crippen LogP contribution in [0.4, 0.5) is 0 Å². The molecule has 1 aliphatic rings. The van der Waals surface area contributed by atoms with Gasteiger partial charge in [-0.05, 0) is 37.5 Å². The Morgan fingerprint density at radius 2 is 1.78 bits per heavy atom. The SMILES string of the molecule is CC1(COCc2c(Cl)cccc2Cl)CCC(c2ccccc2)O1. The third-order valence-corrected chi connectivity index (χ3v) is 4.96. The number of halogens is 2. The molecule has 0 saturated carbocycles. The second kappa shape index (κ2) is 7.23. The van der Waals surface area contributed by atoms with E-state index in [9.17, 15) is 0 Å². The lowest BCUT2D eigenvalue weighted by Gasteiger charge is -2.25. The van der Waals surface area contributed by atoms with E-state index < -0.39 is 0 Å². The van der Waals surface area contributed by atoms with Gasteiger partial charge in [-0.25, -0.2) is 0 Å². The molecule has 1 heterocycles.